The van der Waals surface area contributed by atoms with Crippen LogP contribution in [0.15, 0.2) is 0 Å². The molecule has 0 saturated heterocycles. The molecule has 130 valence electrons. The van der Waals surface area contributed by atoms with Crippen molar-refractivity contribution in [2.45, 2.75) is 99.8 Å². The summed E-state index contributed by atoms with van der Waals surface area (Å²) in [5, 5.41) is 47.6. The SMILES string of the molecule is CC(C)[O-].CC(C)[O-].CC(C)[O-].CC(C)[O-].CC(C)[O-].[V+5]. The minimum absolute atomic E-state index is 0. The fourth-order valence-electron chi connectivity index (χ4n) is 0. The Morgan fingerprint density at radius 3 is 0.333 bits per heavy atom. The maximum Gasteiger partial charge on any atom is 5.00 e. The Kier molecular flexibility index (Phi) is 57.9. The van der Waals surface area contributed by atoms with Crippen molar-refractivity contribution in [2.24, 2.45) is 0 Å². The van der Waals surface area contributed by atoms with E-state index in [1.54, 1.807) is 69.2 Å². The van der Waals surface area contributed by atoms with Crippen molar-refractivity contribution in [2.75, 3.05) is 0 Å². The van der Waals surface area contributed by atoms with Crippen LogP contribution in [0.4, 0.5) is 0 Å². The van der Waals surface area contributed by atoms with Crippen molar-refractivity contribution in [3.63, 3.8) is 0 Å². The Morgan fingerprint density at radius 1 is 0.333 bits per heavy atom. The maximum atomic E-state index is 9.53. The van der Waals surface area contributed by atoms with Crippen molar-refractivity contribution in [1.29, 1.82) is 0 Å². The van der Waals surface area contributed by atoms with Crippen LogP contribution in [0.5, 0.6) is 0 Å². The predicted molar refractivity (Wildman–Crippen MR) is 75.7 cm³/mol. The molecule has 0 unspecified atom stereocenters. The Hall–Kier alpha value is 0.384. The molecule has 0 heterocycles. The quantitative estimate of drug-likeness (QED) is 0.545. The zero-order valence-electron chi connectivity index (χ0n) is 15.4. The molecule has 0 amide bonds. The van der Waals surface area contributed by atoms with Gasteiger partial charge in [0.2, 0.25) is 0 Å². The Morgan fingerprint density at radius 2 is 0.333 bits per heavy atom. The van der Waals surface area contributed by atoms with Crippen molar-refractivity contribution in [3.05, 3.63) is 0 Å². The minimum atomic E-state index is -0.417. The van der Waals surface area contributed by atoms with E-state index < -0.39 is 30.5 Å². The van der Waals surface area contributed by atoms with E-state index in [1.165, 1.54) is 0 Å². The van der Waals surface area contributed by atoms with Crippen LogP contribution < -0.4 is 25.5 Å². The van der Waals surface area contributed by atoms with E-state index in [1.807, 2.05) is 0 Å². The van der Waals surface area contributed by atoms with Gasteiger partial charge in [0.15, 0.2) is 0 Å². The smallest absolute Gasteiger partial charge is 0.852 e. The topological polar surface area (TPSA) is 115 Å². The Bertz CT molecular complexity index is 80.6. The monoisotopic (exact) mass is 346 g/mol. The first kappa shape index (κ1) is 37.5. The minimum Gasteiger partial charge on any atom is -0.852 e. The summed E-state index contributed by atoms with van der Waals surface area (Å²) in [5.74, 6) is 0. The van der Waals surface area contributed by atoms with Crippen LogP contribution in [-0.2, 0) is 18.6 Å². The van der Waals surface area contributed by atoms with Crippen LogP contribution >= 0.6 is 0 Å². The van der Waals surface area contributed by atoms with Gasteiger partial charge in [-0.3, -0.25) is 0 Å². The molecule has 0 aliphatic rings. The van der Waals surface area contributed by atoms with Gasteiger partial charge in [-0.2, -0.15) is 0 Å². The van der Waals surface area contributed by atoms with Gasteiger partial charge in [0.05, 0.1) is 0 Å². The third kappa shape index (κ3) is 46600. The Labute approximate surface area is 144 Å². The second-order valence-corrected chi connectivity index (χ2v) is 5.24. The first-order valence-electron chi connectivity index (χ1n) is 6.95. The van der Waals surface area contributed by atoms with Crippen LogP contribution in [0, 0.1) is 0 Å². The molecule has 5 nitrogen and oxygen atoms in total. The maximum absolute atomic E-state index is 9.53. The van der Waals surface area contributed by atoms with Crippen molar-refractivity contribution in [1.82, 2.24) is 0 Å². The van der Waals surface area contributed by atoms with E-state index in [4.69, 9.17) is 0 Å². The molecule has 0 saturated carbocycles. The van der Waals surface area contributed by atoms with Crippen LogP contribution in [0.2, 0.25) is 0 Å². The van der Waals surface area contributed by atoms with Gasteiger partial charge in [-0.25, -0.2) is 0 Å². The second-order valence-electron chi connectivity index (χ2n) is 5.24. The summed E-state index contributed by atoms with van der Waals surface area (Å²) in [5.41, 5.74) is 0. The van der Waals surface area contributed by atoms with E-state index in [0.29, 0.717) is 0 Å². The molecule has 0 aromatic carbocycles. The van der Waals surface area contributed by atoms with Crippen molar-refractivity contribution >= 4 is 0 Å². The summed E-state index contributed by atoms with van der Waals surface area (Å²) in [6.07, 6.45) is -2.08. The largest absolute Gasteiger partial charge is 5.00 e. The molecule has 0 aromatic rings. The summed E-state index contributed by atoms with van der Waals surface area (Å²) in [7, 11) is 0. The van der Waals surface area contributed by atoms with Gasteiger partial charge in [0.25, 0.3) is 0 Å². The third-order valence-corrected chi connectivity index (χ3v) is 0. The molecule has 0 bridgehead atoms. The summed E-state index contributed by atoms with van der Waals surface area (Å²) in [4.78, 5) is 0. The van der Waals surface area contributed by atoms with Crippen LogP contribution in [0.3, 0.4) is 0 Å². The molecule has 0 rings (SSSR count). The molecule has 0 aliphatic heterocycles. The van der Waals surface area contributed by atoms with Gasteiger partial charge >= 0.3 is 18.6 Å². The van der Waals surface area contributed by atoms with E-state index >= 15 is 0 Å². The first-order valence-corrected chi connectivity index (χ1v) is 6.95. The van der Waals surface area contributed by atoms with Gasteiger partial charge in [-0.05, 0) is 0 Å². The summed E-state index contributed by atoms with van der Waals surface area (Å²) >= 11 is 0. The van der Waals surface area contributed by atoms with E-state index in [2.05, 4.69) is 0 Å². The van der Waals surface area contributed by atoms with Gasteiger partial charge in [0.1, 0.15) is 0 Å². The van der Waals surface area contributed by atoms with Crippen LogP contribution in [-0.4, -0.2) is 30.5 Å². The Balaban J connectivity index is -0.0000000331. The van der Waals surface area contributed by atoms with E-state index in [-0.39, 0.29) is 18.6 Å². The molecule has 0 radical (unpaired) electrons. The third-order valence-electron chi connectivity index (χ3n) is 0. The molecular weight excluding hydrogens is 311 g/mol. The molecule has 0 spiro atoms. The number of rotatable bonds is 0. The molecule has 0 aromatic heterocycles. The molecule has 21 heavy (non-hydrogen) atoms. The fourth-order valence-corrected chi connectivity index (χ4v) is 0. The summed E-state index contributed by atoms with van der Waals surface area (Å²) in [6, 6.07) is 0. The first-order chi connectivity index (χ1) is 8.66. The standard InChI is InChI=1S/5C3H7O.V/c5*1-3(2)4;/h5*3H,1-2H3;/q5*-1;+5. The van der Waals surface area contributed by atoms with E-state index in [0.717, 1.165) is 0 Å². The molecule has 0 N–H and O–H groups in total. The average molecular weight is 346 g/mol. The number of hydrogen-bond acceptors (Lipinski definition) is 5. The zero-order chi connectivity index (χ0) is 17.9. The predicted octanol–water partition coefficient (Wildman–Crippen LogP) is -1.23. The van der Waals surface area contributed by atoms with Gasteiger partial charge in [0, 0.05) is 0 Å². The molecule has 6 heteroatoms. The van der Waals surface area contributed by atoms with Gasteiger partial charge in [-0.15, -0.1) is 30.5 Å². The van der Waals surface area contributed by atoms with E-state index in [9.17, 15) is 25.5 Å². The second kappa shape index (κ2) is 32.4. The fraction of sp³-hybridized carbons (Fsp3) is 1.00. The van der Waals surface area contributed by atoms with Gasteiger partial charge < -0.3 is 25.5 Å². The van der Waals surface area contributed by atoms with Gasteiger partial charge in [-0.1, -0.05) is 69.2 Å². The number of hydrogen-bond donors (Lipinski definition) is 0. The van der Waals surface area contributed by atoms with Crippen molar-refractivity contribution < 1.29 is 44.1 Å². The summed E-state index contributed by atoms with van der Waals surface area (Å²) in [6.45, 7) is 16.1. The molecule has 0 fully saturated rings. The van der Waals surface area contributed by atoms with Crippen LogP contribution in [0.1, 0.15) is 69.2 Å². The average Bonchev–Trinajstić information content (AvgIpc) is 1.94. The summed E-state index contributed by atoms with van der Waals surface area (Å²) < 4.78 is 0. The normalized spacial score (nSPS) is 8.57. The molecule has 0 atom stereocenters. The molecule has 0 aliphatic carbocycles. The zero-order valence-corrected chi connectivity index (χ0v) is 16.8. The van der Waals surface area contributed by atoms with Crippen molar-refractivity contribution in [3.8, 4) is 0 Å². The van der Waals surface area contributed by atoms with Crippen LogP contribution in [0.25, 0.3) is 0 Å². The molecular formula is C15H35O5V.